The van der Waals surface area contributed by atoms with E-state index in [1.165, 1.54) is 6.33 Å². The second kappa shape index (κ2) is 3.96. The zero-order valence-electron chi connectivity index (χ0n) is 8.34. The Balaban J connectivity index is 2.58. The minimum absolute atomic E-state index is 0.610. The van der Waals surface area contributed by atoms with Gasteiger partial charge in [-0.05, 0) is 6.07 Å². The fraction of sp³-hybridized carbons (Fsp3) is 0.0909. The van der Waals surface area contributed by atoms with Crippen LogP contribution in [0.3, 0.4) is 0 Å². The van der Waals surface area contributed by atoms with Crippen molar-refractivity contribution in [2.75, 3.05) is 12.8 Å². The lowest BCUT2D eigenvalue weighted by molar-refractivity contribution is 0.418. The van der Waals surface area contributed by atoms with E-state index in [0.29, 0.717) is 11.4 Å². The van der Waals surface area contributed by atoms with Gasteiger partial charge in [0.05, 0.1) is 12.8 Å². The number of rotatable bonds is 2. The Morgan fingerprint density at radius 1 is 1.20 bits per heavy atom. The zero-order valence-corrected chi connectivity index (χ0v) is 8.34. The highest BCUT2D eigenvalue weighted by molar-refractivity contribution is 5.76. The van der Waals surface area contributed by atoms with Gasteiger partial charge < -0.3 is 10.5 Å². The first-order valence-electron chi connectivity index (χ1n) is 4.51. The predicted octanol–water partition coefficient (Wildman–Crippen LogP) is 1.73. The number of anilines is 1. The lowest BCUT2D eigenvalue weighted by Crippen LogP contribution is -1.95. The van der Waals surface area contributed by atoms with Crippen molar-refractivity contribution in [1.29, 1.82) is 0 Å². The minimum atomic E-state index is 0.610. The van der Waals surface area contributed by atoms with Crippen LogP contribution in [0.4, 0.5) is 5.69 Å². The van der Waals surface area contributed by atoms with E-state index in [1.807, 2.05) is 12.1 Å². The molecule has 0 aliphatic heterocycles. The number of methoxy groups -OCH3 is 1. The molecule has 0 spiro atoms. The molecule has 1 aromatic heterocycles. The molecule has 0 bridgehead atoms. The van der Waals surface area contributed by atoms with E-state index in [-0.39, 0.29) is 0 Å². The molecular formula is C11H11N3O. The third kappa shape index (κ3) is 1.74. The largest absolute Gasteiger partial charge is 0.494 e. The first-order valence-corrected chi connectivity index (χ1v) is 4.51. The van der Waals surface area contributed by atoms with Crippen molar-refractivity contribution in [3.8, 4) is 16.9 Å². The SMILES string of the molecule is COc1c(N)cccc1-c1cncnc1. The third-order valence-corrected chi connectivity index (χ3v) is 2.12. The number of aromatic nitrogens is 2. The van der Waals surface area contributed by atoms with Crippen molar-refractivity contribution >= 4 is 5.69 Å². The molecule has 2 aromatic rings. The van der Waals surface area contributed by atoms with E-state index < -0.39 is 0 Å². The summed E-state index contributed by atoms with van der Waals surface area (Å²) in [5, 5.41) is 0. The van der Waals surface area contributed by atoms with Crippen molar-refractivity contribution in [1.82, 2.24) is 9.97 Å². The van der Waals surface area contributed by atoms with E-state index >= 15 is 0 Å². The molecule has 1 heterocycles. The second-order valence-corrected chi connectivity index (χ2v) is 3.06. The molecule has 2 rings (SSSR count). The van der Waals surface area contributed by atoms with Crippen LogP contribution in [0.25, 0.3) is 11.1 Å². The molecule has 76 valence electrons. The Morgan fingerprint density at radius 2 is 1.93 bits per heavy atom. The summed E-state index contributed by atoms with van der Waals surface area (Å²) in [6.45, 7) is 0. The molecule has 4 nitrogen and oxygen atoms in total. The molecule has 4 heteroatoms. The van der Waals surface area contributed by atoms with Gasteiger partial charge in [-0.25, -0.2) is 9.97 Å². The Bertz CT molecular complexity index is 457. The molecule has 0 aliphatic rings. The quantitative estimate of drug-likeness (QED) is 0.752. The number of ether oxygens (including phenoxy) is 1. The average molecular weight is 201 g/mol. The molecule has 0 radical (unpaired) electrons. The fourth-order valence-electron chi connectivity index (χ4n) is 1.45. The first-order chi connectivity index (χ1) is 7.33. The molecule has 0 fully saturated rings. The minimum Gasteiger partial charge on any atom is -0.494 e. The van der Waals surface area contributed by atoms with Crippen molar-refractivity contribution in [2.24, 2.45) is 0 Å². The van der Waals surface area contributed by atoms with Crippen LogP contribution in [0.5, 0.6) is 5.75 Å². The van der Waals surface area contributed by atoms with Crippen molar-refractivity contribution in [3.63, 3.8) is 0 Å². The molecule has 0 unspecified atom stereocenters. The summed E-state index contributed by atoms with van der Waals surface area (Å²) < 4.78 is 5.25. The number of nitrogen functional groups attached to an aromatic ring is 1. The third-order valence-electron chi connectivity index (χ3n) is 2.12. The Hall–Kier alpha value is -2.10. The maximum atomic E-state index is 5.80. The topological polar surface area (TPSA) is 61.0 Å². The molecule has 0 saturated heterocycles. The summed E-state index contributed by atoms with van der Waals surface area (Å²) in [5.41, 5.74) is 8.20. The second-order valence-electron chi connectivity index (χ2n) is 3.06. The van der Waals surface area contributed by atoms with Gasteiger partial charge in [0.2, 0.25) is 0 Å². The number of nitrogens with two attached hydrogens (primary N) is 1. The molecule has 0 saturated carbocycles. The highest BCUT2D eigenvalue weighted by Crippen LogP contribution is 2.33. The monoisotopic (exact) mass is 201 g/mol. The van der Waals surface area contributed by atoms with Crippen LogP contribution in [0.1, 0.15) is 0 Å². The standard InChI is InChI=1S/C11H11N3O/c1-15-11-9(3-2-4-10(11)12)8-5-13-7-14-6-8/h2-7H,12H2,1H3. The van der Waals surface area contributed by atoms with Gasteiger partial charge in [0.1, 0.15) is 12.1 Å². The van der Waals surface area contributed by atoms with E-state index in [0.717, 1.165) is 11.1 Å². The molecular weight excluding hydrogens is 190 g/mol. The fourth-order valence-corrected chi connectivity index (χ4v) is 1.45. The van der Waals surface area contributed by atoms with Crippen LogP contribution in [0.2, 0.25) is 0 Å². The highest BCUT2D eigenvalue weighted by atomic mass is 16.5. The molecule has 1 aromatic carbocycles. The molecule has 2 N–H and O–H groups in total. The van der Waals surface area contributed by atoms with Gasteiger partial charge in [-0.3, -0.25) is 0 Å². The predicted molar refractivity (Wildman–Crippen MR) is 58.4 cm³/mol. The van der Waals surface area contributed by atoms with Gasteiger partial charge in [0.15, 0.2) is 0 Å². The number of hydrogen-bond acceptors (Lipinski definition) is 4. The normalized spacial score (nSPS) is 9.93. The Labute approximate surface area is 87.7 Å². The first kappa shape index (κ1) is 9.45. The van der Waals surface area contributed by atoms with Gasteiger partial charge in [-0.1, -0.05) is 12.1 Å². The van der Waals surface area contributed by atoms with Gasteiger partial charge in [-0.2, -0.15) is 0 Å². The van der Waals surface area contributed by atoms with E-state index in [1.54, 1.807) is 25.6 Å². The van der Waals surface area contributed by atoms with Crippen LogP contribution >= 0.6 is 0 Å². The van der Waals surface area contributed by atoms with Gasteiger partial charge in [0.25, 0.3) is 0 Å². The molecule has 0 atom stereocenters. The number of para-hydroxylation sites is 1. The van der Waals surface area contributed by atoms with Crippen LogP contribution in [-0.4, -0.2) is 17.1 Å². The van der Waals surface area contributed by atoms with Crippen molar-refractivity contribution in [3.05, 3.63) is 36.9 Å². The summed E-state index contributed by atoms with van der Waals surface area (Å²) in [4.78, 5) is 7.92. The summed E-state index contributed by atoms with van der Waals surface area (Å²) in [7, 11) is 1.60. The molecule has 0 amide bonds. The zero-order chi connectivity index (χ0) is 10.7. The average Bonchev–Trinajstić information content (AvgIpc) is 2.30. The molecule has 0 aliphatic carbocycles. The van der Waals surface area contributed by atoms with Crippen molar-refractivity contribution < 1.29 is 4.74 Å². The molecule has 15 heavy (non-hydrogen) atoms. The van der Waals surface area contributed by atoms with E-state index in [9.17, 15) is 0 Å². The van der Waals surface area contributed by atoms with Gasteiger partial charge in [-0.15, -0.1) is 0 Å². The van der Waals surface area contributed by atoms with Crippen LogP contribution in [0, 0.1) is 0 Å². The summed E-state index contributed by atoms with van der Waals surface area (Å²) >= 11 is 0. The summed E-state index contributed by atoms with van der Waals surface area (Å²) in [6, 6.07) is 5.60. The Morgan fingerprint density at radius 3 is 2.60 bits per heavy atom. The lowest BCUT2D eigenvalue weighted by atomic mass is 10.1. The summed E-state index contributed by atoms with van der Waals surface area (Å²) in [5.74, 6) is 0.660. The van der Waals surface area contributed by atoms with Gasteiger partial charge in [0, 0.05) is 23.5 Å². The highest BCUT2D eigenvalue weighted by Gasteiger charge is 2.08. The van der Waals surface area contributed by atoms with Gasteiger partial charge >= 0.3 is 0 Å². The van der Waals surface area contributed by atoms with Crippen LogP contribution in [0.15, 0.2) is 36.9 Å². The van der Waals surface area contributed by atoms with E-state index in [2.05, 4.69) is 9.97 Å². The number of nitrogens with zero attached hydrogens (tertiary/aromatic N) is 2. The summed E-state index contributed by atoms with van der Waals surface area (Å²) in [6.07, 6.45) is 4.94. The maximum Gasteiger partial charge on any atom is 0.149 e. The van der Waals surface area contributed by atoms with E-state index in [4.69, 9.17) is 10.5 Å². The van der Waals surface area contributed by atoms with Crippen LogP contribution in [-0.2, 0) is 0 Å². The maximum absolute atomic E-state index is 5.80. The van der Waals surface area contributed by atoms with Crippen LogP contribution < -0.4 is 10.5 Å². The number of benzene rings is 1. The smallest absolute Gasteiger partial charge is 0.149 e. The number of hydrogen-bond donors (Lipinski definition) is 1. The van der Waals surface area contributed by atoms with Crippen molar-refractivity contribution in [2.45, 2.75) is 0 Å². The Kier molecular flexibility index (Phi) is 2.49. The lowest BCUT2D eigenvalue weighted by Gasteiger charge is -2.09.